The second-order valence-electron chi connectivity index (χ2n) is 5.12. The number of aromatic amines is 1. The van der Waals surface area contributed by atoms with Crippen LogP contribution in [0.15, 0.2) is 65.4 Å². The molecular formula is C18H15BrN2O2. The maximum Gasteiger partial charge on any atom is 0.171 e. The topological polar surface area (TPSA) is 55.0 Å². The highest BCUT2D eigenvalue weighted by atomic mass is 79.9. The molecule has 0 amide bonds. The van der Waals surface area contributed by atoms with E-state index in [4.69, 9.17) is 4.74 Å². The first-order valence-corrected chi connectivity index (χ1v) is 7.99. The monoisotopic (exact) mass is 370 g/mol. The number of benzene rings is 2. The molecule has 0 saturated carbocycles. The molecule has 0 aliphatic rings. The molecule has 3 aromatic rings. The van der Waals surface area contributed by atoms with Crippen LogP contribution in [0.2, 0.25) is 0 Å². The van der Waals surface area contributed by atoms with E-state index in [1.807, 2.05) is 42.5 Å². The summed E-state index contributed by atoms with van der Waals surface area (Å²) in [6.07, 6.45) is 3.66. The second-order valence-corrected chi connectivity index (χ2v) is 6.04. The Hall–Kier alpha value is -2.40. The minimum Gasteiger partial charge on any atom is -0.488 e. The Bertz CT molecular complexity index is 786. The number of aromatic nitrogens is 2. The smallest absolute Gasteiger partial charge is 0.171 e. The summed E-state index contributed by atoms with van der Waals surface area (Å²) in [5.74, 6) is 0.585. The number of ether oxygens (including phenoxy) is 1. The largest absolute Gasteiger partial charge is 0.488 e. The van der Waals surface area contributed by atoms with Crippen molar-refractivity contribution in [2.45, 2.75) is 13.0 Å². The zero-order valence-electron chi connectivity index (χ0n) is 12.3. The number of hydrogen-bond donors (Lipinski definition) is 1. The molecule has 1 heterocycles. The zero-order chi connectivity index (χ0) is 16.1. The second kappa shape index (κ2) is 7.24. The number of halogens is 1. The Labute approximate surface area is 142 Å². The molecule has 0 fully saturated rings. The molecule has 0 saturated heterocycles. The zero-order valence-corrected chi connectivity index (χ0v) is 13.9. The van der Waals surface area contributed by atoms with Gasteiger partial charge in [0.25, 0.3) is 0 Å². The van der Waals surface area contributed by atoms with Gasteiger partial charge < -0.3 is 4.74 Å². The van der Waals surface area contributed by atoms with Crippen molar-refractivity contribution in [3.63, 3.8) is 0 Å². The fourth-order valence-electron chi connectivity index (χ4n) is 2.24. The molecule has 23 heavy (non-hydrogen) atoms. The third-order valence-electron chi connectivity index (χ3n) is 3.40. The van der Waals surface area contributed by atoms with Gasteiger partial charge in [-0.1, -0.05) is 46.3 Å². The van der Waals surface area contributed by atoms with Crippen molar-refractivity contribution in [2.24, 2.45) is 0 Å². The maximum atomic E-state index is 12.6. The summed E-state index contributed by atoms with van der Waals surface area (Å²) < 4.78 is 6.70. The summed E-state index contributed by atoms with van der Waals surface area (Å²) in [5, 5.41) is 6.58. The number of carbonyl (C=O) groups excluding carboxylic acids is 1. The van der Waals surface area contributed by atoms with Crippen molar-refractivity contribution in [1.29, 1.82) is 0 Å². The molecule has 3 rings (SSSR count). The van der Waals surface area contributed by atoms with Gasteiger partial charge in [-0.05, 0) is 29.3 Å². The summed E-state index contributed by atoms with van der Waals surface area (Å²) in [6, 6.07) is 15.4. The summed E-state index contributed by atoms with van der Waals surface area (Å²) in [5.41, 5.74) is 2.48. The number of nitrogens with one attached hydrogen (secondary N) is 1. The number of Topliss-reactive ketones (excluding diaryl/α,β-unsaturated/α-hetero) is 1. The first-order chi connectivity index (χ1) is 11.2. The van der Waals surface area contributed by atoms with Gasteiger partial charge in [0.05, 0.1) is 11.8 Å². The van der Waals surface area contributed by atoms with Crippen LogP contribution in [0.5, 0.6) is 5.75 Å². The number of rotatable bonds is 6. The molecule has 1 aromatic heterocycles. The lowest BCUT2D eigenvalue weighted by Gasteiger charge is -2.11. The Balaban J connectivity index is 1.78. The predicted molar refractivity (Wildman–Crippen MR) is 91.5 cm³/mol. The van der Waals surface area contributed by atoms with Gasteiger partial charge in [-0.25, -0.2) is 0 Å². The molecule has 0 aliphatic carbocycles. The van der Waals surface area contributed by atoms with Gasteiger partial charge in [0.15, 0.2) is 5.78 Å². The van der Waals surface area contributed by atoms with E-state index in [1.165, 1.54) is 0 Å². The van der Waals surface area contributed by atoms with E-state index in [1.54, 1.807) is 18.5 Å². The van der Waals surface area contributed by atoms with Crippen LogP contribution in [0, 0.1) is 0 Å². The average Bonchev–Trinajstić information content (AvgIpc) is 3.07. The maximum absolute atomic E-state index is 12.6. The first kappa shape index (κ1) is 15.5. The lowest BCUT2D eigenvalue weighted by molar-refractivity contribution is 0.0988. The van der Waals surface area contributed by atoms with E-state index in [2.05, 4.69) is 26.1 Å². The molecule has 0 unspecified atom stereocenters. The molecule has 5 heteroatoms. The summed E-state index contributed by atoms with van der Waals surface area (Å²) >= 11 is 3.41. The standard InChI is InChI=1S/C18H15BrN2O2/c19-15-6-7-18(23-12-13-4-2-1-3-5-13)16(9-15)17(22)8-14-10-20-21-11-14/h1-7,9-11H,8,12H2,(H,20,21). The third-order valence-corrected chi connectivity index (χ3v) is 3.89. The molecule has 0 atom stereocenters. The number of carbonyl (C=O) groups is 1. The molecule has 0 bridgehead atoms. The number of ketones is 1. The van der Waals surface area contributed by atoms with Gasteiger partial charge in [0, 0.05) is 17.1 Å². The Morgan fingerprint density at radius 2 is 1.96 bits per heavy atom. The van der Waals surface area contributed by atoms with Crippen LogP contribution in [0.3, 0.4) is 0 Å². The molecule has 1 N–H and O–H groups in total. The van der Waals surface area contributed by atoms with Crippen molar-refractivity contribution in [3.8, 4) is 5.75 Å². The van der Waals surface area contributed by atoms with Gasteiger partial charge in [0.2, 0.25) is 0 Å². The van der Waals surface area contributed by atoms with E-state index in [0.717, 1.165) is 15.6 Å². The van der Waals surface area contributed by atoms with Crippen molar-refractivity contribution >= 4 is 21.7 Å². The van der Waals surface area contributed by atoms with E-state index >= 15 is 0 Å². The van der Waals surface area contributed by atoms with Crippen LogP contribution >= 0.6 is 15.9 Å². The number of hydrogen-bond acceptors (Lipinski definition) is 3. The summed E-state index contributed by atoms with van der Waals surface area (Å²) in [6.45, 7) is 0.425. The minimum atomic E-state index is -0.00392. The number of H-pyrrole nitrogens is 1. The molecule has 4 nitrogen and oxygen atoms in total. The summed E-state index contributed by atoms with van der Waals surface area (Å²) in [7, 11) is 0. The quantitative estimate of drug-likeness (QED) is 0.662. The highest BCUT2D eigenvalue weighted by Gasteiger charge is 2.14. The molecule has 0 aliphatic heterocycles. The van der Waals surface area contributed by atoms with Crippen LogP contribution < -0.4 is 4.74 Å². The normalized spacial score (nSPS) is 10.5. The van der Waals surface area contributed by atoms with Crippen LogP contribution in [0.4, 0.5) is 0 Å². The Morgan fingerprint density at radius 1 is 1.13 bits per heavy atom. The van der Waals surface area contributed by atoms with Crippen molar-refractivity contribution in [1.82, 2.24) is 10.2 Å². The fraction of sp³-hybridized carbons (Fsp3) is 0.111. The first-order valence-electron chi connectivity index (χ1n) is 7.19. The SMILES string of the molecule is O=C(Cc1cn[nH]c1)c1cc(Br)ccc1OCc1ccccc1. The van der Waals surface area contributed by atoms with Crippen molar-refractivity contribution in [3.05, 3.63) is 82.1 Å². The predicted octanol–water partition coefficient (Wildman–Crippen LogP) is 4.18. The van der Waals surface area contributed by atoms with E-state index in [9.17, 15) is 4.79 Å². The van der Waals surface area contributed by atoms with Crippen LogP contribution in [0.1, 0.15) is 21.5 Å². The molecule has 2 aromatic carbocycles. The minimum absolute atomic E-state index is 0.00392. The van der Waals surface area contributed by atoms with Crippen LogP contribution in [-0.2, 0) is 13.0 Å². The molecule has 116 valence electrons. The average molecular weight is 371 g/mol. The van der Waals surface area contributed by atoms with E-state index in [-0.39, 0.29) is 12.2 Å². The molecule has 0 radical (unpaired) electrons. The third kappa shape index (κ3) is 4.07. The lowest BCUT2D eigenvalue weighted by atomic mass is 10.0. The highest BCUT2D eigenvalue weighted by Crippen LogP contribution is 2.25. The van der Waals surface area contributed by atoms with E-state index in [0.29, 0.717) is 17.9 Å². The van der Waals surface area contributed by atoms with Crippen molar-refractivity contribution in [2.75, 3.05) is 0 Å². The summed E-state index contributed by atoms with van der Waals surface area (Å²) in [4.78, 5) is 12.6. The van der Waals surface area contributed by atoms with Gasteiger partial charge in [-0.2, -0.15) is 5.10 Å². The molecular weight excluding hydrogens is 356 g/mol. The molecule has 0 spiro atoms. The van der Waals surface area contributed by atoms with Crippen LogP contribution in [-0.4, -0.2) is 16.0 Å². The fourth-order valence-corrected chi connectivity index (χ4v) is 2.60. The van der Waals surface area contributed by atoms with E-state index < -0.39 is 0 Å². The number of nitrogens with zero attached hydrogens (tertiary/aromatic N) is 1. The highest BCUT2D eigenvalue weighted by molar-refractivity contribution is 9.10. The van der Waals surface area contributed by atoms with Gasteiger partial charge >= 0.3 is 0 Å². The van der Waals surface area contributed by atoms with Gasteiger partial charge in [-0.3, -0.25) is 9.89 Å². The lowest BCUT2D eigenvalue weighted by Crippen LogP contribution is -2.07. The Kier molecular flexibility index (Phi) is 4.88. The van der Waals surface area contributed by atoms with Crippen LogP contribution in [0.25, 0.3) is 0 Å². The Morgan fingerprint density at radius 3 is 2.70 bits per heavy atom. The van der Waals surface area contributed by atoms with Gasteiger partial charge in [0.1, 0.15) is 12.4 Å². The van der Waals surface area contributed by atoms with Gasteiger partial charge in [-0.15, -0.1) is 0 Å². The van der Waals surface area contributed by atoms with Crippen molar-refractivity contribution < 1.29 is 9.53 Å².